The number of carbonyl (C=O) groups excluding carboxylic acids is 2. The van der Waals surface area contributed by atoms with Gasteiger partial charge in [0.05, 0.1) is 6.54 Å². The third kappa shape index (κ3) is 6.29. The van der Waals surface area contributed by atoms with E-state index in [-0.39, 0.29) is 43.3 Å². The third-order valence-corrected chi connectivity index (χ3v) is 5.59. The summed E-state index contributed by atoms with van der Waals surface area (Å²) in [7, 11) is 0. The summed E-state index contributed by atoms with van der Waals surface area (Å²) in [6.45, 7) is 6.05. The predicted octanol–water partition coefficient (Wildman–Crippen LogP) is 5.57. The number of rotatable bonds is 8. The van der Waals surface area contributed by atoms with Crippen molar-refractivity contribution in [3.63, 3.8) is 0 Å². The molecule has 2 amide bonds. The van der Waals surface area contributed by atoms with E-state index in [1.54, 1.807) is 46.2 Å². The van der Waals surface area contributed by atoms with E-state index in [4.69, 9.17) is 4.42 Å². The Morgan fingerprint density at radius 2 is 1.62 bits per heavy atom. The van der Waals surface area contributed by atoms with Gasteiger partial charge < -0.3 is 14.2 Å². The molecule has 5 nitrogen and oxygen atoms in total. The van der Waals surface area contributed by atoms with Crippen LogP contribution in [-0.4, -0.2) is 34.2 Å². The maximum Gasteiger partial charge on any atom is 0.254 e. The smallest absolute Gasteiger partial charge is 0.254 e. The fourth-order valence-corrected chi connectivity index (χ4v) is 3.56. The molecule has 0 saturated heterocycles. The zero-order valence-electron chi connectivity index (χ0n) is 18.3. The molecule has 0 aliphatic carbocycles. The number of aryl methyl sites for hydroxylation is 1. The van der Waals surface area contributed by atoms with Crippen LogP contribution in [0, 0.1) is 12.7 Å². The Labute approximate surface area is 196 Å². The maximum atomic E-state index is 13.3. The molecular weight excluding hydrogens is 475 g/mol. The molecule has 1 heterocycles. The number of hydrogen-bond acceptors (Lipinski definition) is 3. The second-order valence-electron chi connectivity index (χ2n) is 7.92. The average molecular weight is 501 g/mol. The van der Waals surface area contributed by atoms with Gasteiger partial charge in [-0.1, -0.05) is 28.1 Å². The Morgan fingerprint density at radius 3 is 2.19 bits per heavy atom. The van der Waals surface area contributed by atoms with E-state index in [0.717, 1.165) is 15.8 Å². The van der Waals surface area contributed by atoms with Crippen LogP contribution in [0.1, 0.15) is 41.3 Å². The van der Waals surface area contributed by atoms with Gasteiger partial charge in [-0.3, -0.25) is 9.59 Å². The molecule has 1 aromatic heterocycles. The van der Waals surface area contributed by atoms with E-state index in [2.05, 4.69) is 15.9 Å². The number of hydrogen-bond donors (Lipinski definition) is 0. The van der Waals surface area contributed by atoms with Crippen LogP contribution >= 0.6 is 15.9 Å². The molecule has 7 heteroatoms. The van der Waals surface area contributed by atoms with Crippen molar-refractivity contribution >= 4 is 27.7 Å². The molecule has 0 aliphatic heterocycles. The van der Waals surface area contributed by atoms with Gasteiger partial charge in [-0.2, -0.15) is 0 Å². The summed E-state index contributed by atoms with van der Waals surface area (Å²) in [4.78, 5) is 29.6. The first-order valence-electron chi connectivity index (χ1n) is 10.4. The van der Waals surface area contributed by atoms with Crippen LogP contribution in [-0.2, 0) is 17.9 Å². The molecule has 0 aliphatic rings. The molecular formula is C25H26BrFN2O3. The van der Waals surface area contributed by atoms with Gasteiger partial charge in [-0.15, -0.1) is 0 Å². The van der Waals surface area contributed by atoms with Gasteiger partial charge >= 0.3 is 0 Å². The molecule has 0 bridgehead atoms. The van der Waals surface area contributed by atoms with Crippen LogP contribution in [0.4, 0.5) is 4.39 Å². The Kier molecular flexibility index (Phi) is 7.85. The number of benzene rings is 2. The highest BCUT2D eigenvalue weighted by Crippen LogP contribution is 2.17. The quantitative estimate of drug-likeness (QED) is 0.406. The maximum absolute atomic E-state index is 13.3. The van der Waals surface area contributed by atoms with Crippen molar-refractivity contribution in [2.45, 2.75) is 39.9 Å². The van der Waals surface area contributed by atoms with Crippen molar-refractivity contribution < 1.29 is 18.4 Å². The molecule has 0 fully saturated rings. The number of carbonyl (C=O) groups is 2. The van der Waals surface area contributed by atoms with Gasteiger partial charge in [-0.25, -0.2) is 4.39 Å². The van der Waals surface area contributed by atoms with E-state index in [1.165, 1.54) is 12.1 Å². The minimum absolute atomic E-state index is 0.0759. The van der Waals surface area contributed by atoms with Gasteiger partial charge in [0.1, 0.15) is 23.9 Å². The summed E-state index contributed by atoms with van der Waals surface area (Å²) in [5, 5.41) is 0. The minimum atomic E-state index is -0.334. The molecule has 3 aromatic rings. The first-order chi connectivity index (χ1) is 15.2. The monoisotopic (exact) mass is 500 g/mol. The van der Waals surface area contributed by atoms with Crippen molar-refractivity contribution in [2.24, 2.45) is 0 Å². The highest BCUT2D eigenvalue weighted by atomic mass is 79.9. The lowest BCUT2D eigenvalue weighted by Crippen LogP contribution is -2.45. The van der Waals surface area contributed by atoms with Gasteiger partial charge in [-0.05, 0) is 74.9 Å². The summed E-state index contributed by atoms with van der Waals surface area (Å²) < 4.78 is 19.9. The fourth-order valence-electron chi connectivity index (χ4n) is 3.29. The van der Waals surface area contributed by atoms with Crippen molar-refractivity contribution in [1.82, 2.24) is 9.80 Å². The third-order valence-electron chi connectivity index (χ3n) is 5.06. The first-order valence-corrected chi connectivity index (χ1v) is 11.2. The van der Waals surface area contributed by atoms with E-state index in [9.17, 15) is 14.0 Å². The van der Waals surface area contributed by atoms with Crippen LogP contribution in [0.25, 0.3) is 0 Å². The Balaban J connectivity index is 1.81. The zero-order valence-corrected chi connectivity index (χ0v) is 19.9. The molecule has 0 atom stereocenters. The molecule has 0 unspecified atom stereocenters. The molecule has 2 aromatic carbocycles. The van der Waals surface area contributed by atoms with Gasteiger partial charge in [0.25, 0.3) is 5.91 Å². The normalized spacial score (nSPS) is 10.9. The molecule has 3 rings (SSSR count). The summed E-state index contributed by atoms with van der Waals surface area (Å²) in [6, 6.07) is 16.6. The molecule has 0 spiro atoms. The number of amides is 2. The van der Waals surface area contributed by atoms with Gasteiger partial charge in [0, 0.05) is 22.6 Å². The number of halogens is 2. The molecule has 0 N–H and O–H groups in total. The highest BCUT2D eigenvalue weighted by Gasteiger charge is 2.25. The second kappa shape index (κ2) is 10.6. The largest absolute Gasteiger partial charge is 0.464 e. The lowest BCUT2D eigenvalue weighted by atomic mass is 10.1. The standard InChI is InChI=1S/C25H26BrFN2O3/c1-17(2)29(25(31)20-7-9-21(26)10-8-20)16-24(30)28(15-23-13-4-18(3)32-23)14-19-5-11-22(27)12-6-19/h4-13,17H,14-16H2,1-3H3. The van der Waals surface area contributed by atoms with Crippen LogP contribution < -0.4 is 0 Å². The summed E-state index contributed by atoms with van der Waals surface area (Å²) in [6.07, 6.45) is 0. The van der Waals surface area contributed by atoms with E-state index < -0.39 is 0 Å². The summed E-state index contributed by atoms with van der Waals surface area (Å²) in [5.41, 5.74) is 1.31. The number of nitrogens with zero attached hydrogens (tertiary/aromatic N) is 2. The van der Waals surface area contributed by atoms with Crippen molar-refractivity contribution in [3.05, 3.63) is 93.6 Å². The highest BCUT2D eigenvalue weighted by molar-refractivity contribution is 9.10. The average Bonchev–Trinajstić information content (AvgIpc) is 3.17. The predicted molar refractivity (Wildman–Crippen MR) is 124 cm³/mol. The van der Waals surface area contributed by atoms with Crippen LogP contribution in [0.3, 0.4) is 0 Å². The summed E-state index contributed by atoms with van der Waals surface area (Å²) >= 11 is 3.37. The van der Waals surface area contributed by atoms with Crippen molar-refractivity contribution in [3.8, 4) is 0 Å². The molecule has 0 radical (unpaired) electrons. The van der Waals surface area contributed by atoms with E-state index >= 15 is 0 Å². The molecule has 32 heavy (non-hydrogen) atoms. The Bertz CT molecular complexity index is 1060. The SMILES string of the molecule is Cc1ccc(CN(Cc2ccc(F)cc2)C(=O)CN(C(=O)c2ccc(Br)cc2)C(C)C)o1. The summed E-state index contributed by atoms with van der Waals surface area (Å²) in [5.74, 6) is 0.634. The van der Waals surface area contributed by atoms with Gasteiger partial charge in [0.2, 0.25) is 5.91 Å². The number of furan rings is 1. The Hall–Kier alpha value is -2.93. The molecule has 0 saturated carbocycles. The second-order valence-corrected chi connectivity index (χ2v) is 8.84. The van der Waals surface area contributed by atoms with E-state index in [0.29, 0.717) is 11.3 Å². The van der Waals surface area contributed by atoms with E-state index in [1.807, 2.05) is 32.9 Å². The first kappa shape index (κ1) is 23.7. The Morgan fingerprint density at radius 1 is 0.969 bits per heavy atom. The van der Waals surface area contributed by atoms with Crippen molar-refractivity contribution in [1.29, 1.82) is 0 Å². The minimum Gasteiger partial charge on any atom is -0.464 e. The van der Waals surface area contributed by atoms with Crippen LogP contribution in [0.2, 0.25) is 0 Å². The van der Waals surface area contributed by atoms with Crippen molar-refractivity contribution in [2.75, 3.05) is 6.54 Å². The lowest BCUT2D eigenvalue weighted by Gasteiger charge is -2.30. The lowest BCUT2D eigenvalue weighted by molar-refractivity contribution is -0.133. The topological polar surface area (TPSA) is 53.8 Å². The molecule has 168 valence electrons. The van der Waals surface area contributed by atoms with Gasteiger partial charge in [0.15, 0.2) is 0 Å². The zero-order chi connectivity index (χ0) is 23.3. The van der Waals surface area contributed by atoms with Crippen LogP contribution in [0.15, 0.2) is 69.6 Å². The fraction of sp³-hybridized carbons (Fsp3) is 0.280. The van der Waals surface area contributed by atoms with Crippen LogP contribution in [0.5, 0.6) is 0 Å².